The minimum absolute atomic E-state index is 0.0721. The zero-order valence-corrected chi connectivity index (χ0v) is 19.7. The average Bonchev–Trinajstić information content (AvgIpc) is 3.42. The Morgan fingerprint density at radius 1 is 0.867 bits per heavy atom. The van der Waals surface area contributed by atoms with Crippen LogP contribution in [0.2, 0.25) is 0 Å². The zero-order chi connectivity index (χ0) is 20.6. The Labute approximate surface area is 186 Å². The third kappa shape index (κ3) is 2.59. The van der Waals surface area contributed by atoms with Crippen LogP contribution in [0.3, 0.4) is 0 Å². The molecule has 0 bridgehead atoms. The second kappa shape index (κ2) is 6.33. The molecule has 2 aromatic carbocycles. The standard InChI is InChI=1S/C25H20N2S3/c1-13-11-29-22-16(13)5-6-17-19-20(26-12-27-24(19)30-23(17)22)15-9-14-7-8-28-21(14)18(10-15)25(2,3)4/h5-12H,1-4H3. The largest absolute Gasteiger partial charge is 0.236 e. The minimum Gasteiger partial charge on any atom is -0.236 e. The molecule has 0 saturated heterocycles. The van der Waals surface area contributed by atoms with Gasteiger partial charge in [0.1, 0.15) is 11.2 Å². The summed E-state index contributed by atoms with van der Waals surface area (Å²) < 4.78 is 4.07. The molecule has 6 aromatic rings. The quantitative estimate of drug-likeness (QED) is 0.254. The summed E-state index contributed by atoms with van der Waals surface area (Å²) in [5.41, 5.74) is 5.02. The van der Waals surface area contributed by atoms with E-state index in [9.17, 15) is 0 Å². The van der Waals surface area contributed by atoms with Crippen molar-refractivity contribution in [2.24, 2.45) is 0 Å². The van der Waals surface area contributed by atoms with Crippen LogP contribution < -0.4 is 0 Å². The summed E-state index contributed by atoms with van der Waals surface area (Å²) >= 11 is 5.45. The number of aromatic nitrogens is 2. The van der Waals surface area contributed by atoms with E-state index in [-0.39, 0.29) is 5.41 Å². The normalized spacial score (nSPS) is 12.7. The third-order valence-corrected chi connectivity index (χ3v) is 9.16. The van der Waals surface area contributed by atoms with Gasteiger partial charge >= 0.3 is 0 Å². The van der Waals surface area contributed by atoms with Gasteiger partial charge in [-0.3, -0.25) is 0 Å². The highest BCUT2D eigenvalue weighted by Crippen LogP contribution is 2.44. The molecule has 4 aromatic heterocycles. The molecule has 4 heterocycles. The van der Waals surface area contributed by atoms with Gasteiger partial charge in [0.25, 0.3) is 0 Å². The smallest absolute Gasteiger partial charge is 0.128 e. The molecule has 0 unspecified atom stereocenters. The van der Waals surface area contributed by atoms with Gasteiger partial charge in [-0.15, -0.1) is 34.0 Å². The molecular formula is C25H20N2S3. The lowest BCUT2D eigenvalue weighted by atomic mass is 9.85. The summed E-state index contributed by atoms with van der Waals surface area (Å²) in [6.45, 7) is 9.05. The van der Waals surface area contributed by atoms with E-state index >= 15 is 0 Å². The first kappa shape index (κ1) is 18.4. The van der Waals surface area contributed by atoms with Crippen molar-refractivity contribution in [3.8, 4) is 11.3 Å². The maximum absolute atomic E-state index is 4.80. The van der Waals surface area contributed by atoms with Crippen LogP contribution in [0.25, 0.3) is 51.7 Å². The van der Waals surface area contributed by atoms with Crippen molar-refractivity contribution in [1.82, 2.24) is 9.97 Å². The molecule has 0 N–H and O–H groups in total. The molecule has 0 radical (unpaired) electrons. The molecule has 5 heteroatoms. The fourth-order valence-corrected chi connectivity index (χ4v) is 7.73. The van der Waals surface area contributed by atoms with Crippen LogP contribution in [0.5, 0.6) is 0 Å². The molecule has 0 spiro atoms. The summed E-state index contributed by atoms with van der Waals surface area (Å²) in [5, 5.41) is 9.53. The maximum Gasteiger partial charge on any atom is 0.128 e. The first-order valence-electron chi connectivity index (χ1n) is 9.98. The number of fused-ring (bicyclic) bond motifs is 6. The average molecular weight is 445 g/mol. The summed E-state index contributed by atoms with van der Waals surface area (Å²) in [6, 6.07) is 11.4. The summed E-state index contributed by atoms with van der Waals surface area (Å²) in [7, 11) is 0. The Kier molecular flexibility index (Phi) is 3.89. The number of hydrogen-bond donors (Lipinski definition) is 0. The van der Waals surface area contributed by atoms with Crippen molar-refractivity contribution in [3.05, 3.63) is 58.5 Å². The Bertz CT molecular complexity index is 1590. The Morgan fingerprint density at radius 3 is 2.53 bits per heavy atom. The minimum atomic E-state index is 0.0721. The van der Waals surface area contributed by atoms with Crippen LogP contribution in [0.4, 0.5) is 0 Å². The molecule has 30 heavy (non-hydrogen) atoms. The molecule has 0 aliphatic heterocycles. The summed E-state index contributed by atoms with van der Waals surface area (Å²) in [5.74, 6) is 0. The number of hydrogen-bond acceptors (Lipinski definition) is 5. The van der Waals surface area contributed by atoms with Gasteiger partial charge in [-0.1, -0.05) is 32.9 Å². The van der Waals surface area contributed by atoms with Crippen molar-refractivity contribution in [2.45, 2.75) is 33.1 Å². The fraction of sp³-hybridized carbons (Fsp3) is 0.200. The highest BCUT2D eigenvalue weighted by atomic mass is 32.1. The number of rotatable bonds is 1. The predicted octanol–water partition coefficient (Wildman–Crippen LogP) is 8.55. The van der Waals surface area contributed by atoms with Crippen LogP contribution in [0.15, 0.2) is 47.4 Å². The number of thiophene rings is 3. The molecule has 0 aliphatic carbocycles. The number of benzene rings is 2. The van der Waals surface area contributed by atoms with E-state index in [1.54, 1.807) is 17.7 Å². The van der Waals surface area contributed by atoms with E-state index < -0.39 is 0 Å². The highest BCUT2D eigenvalue weighted by molar-refractivity contribution is 7.30. The molecule has 6 rings (SSSR count). The van der Waals surface area contributed by atoms with Crippen molar-refractivity contribution in [1.29, 1.82) is 0 Å². The summed E-state index contributed by atoms with van der Waals surface area (Å²) in [4.78, 5) is 10.5. The zero-order valence-electron chi connectivity index (χ0n) is 17.2. The molecular weight excluding hydrogens is 424 g/mol. The van der Waals surface area contributed by atoms with Gasteiger partial charge < -0.3 is 0 Å². The van der Waals surface area contributed by atoms with Crippen molar-refractivity contribution >= 4 is 74.5 Å². The third-order valence-electron chi connectivity index (χ3n) is 5.80. The van der Waals surface area contributed by atoms with Gasteiger partial charge in [0.15, 0.2) is 0 Å². The first-order chi connectivity index (χ1) is 14.4. The fourth-order valence-electron chi connectivity index (χ4n) is 4.28. The monoisotopic (exact) mass is 444 g/mol. The number of nitrogens with zero attached hydrogens (tertiary/aromatic N) is 2. The van der Waals surface area contributed by atoms with E-state index in [4.69, 9.17) is 4.98 Å². The van der Waals surface area contributed by atoms with Gasteiger partial charge in [0.05, 0.1) is 15.1 Å². The van der Waals surface area contributed by atoms with E-state index in [0.717, 1.165) is 10.5 Å². The van der Waals surface area contributed by atoms with Crippen LogP contribution in [-0.2, 0) is 5.41 Å². The molecule has 0 saturated carbocycles. The van der Waals surface area contributed by atoms with Crippen molar-refractivity contribution in [2.75, 3.05) is 0 Å². The Balaban J connectivity index is 1.72. The Morgan fingerprint density at radius 2 is 1.70 bits per heavy atom. The van der Waals surface area contributed by atoms with Gasteiger partial charge in [0, 0.05) is 21.0 Å². The lowest BCUT2D eigenvalue weighted by Gasteiger charge is -2.21. The lowest BCUT2D eigenvalue weighted by molar-refractivity contribution is 0.597. The molecule has 0 atom stereocenters. The van der Waals surface area contributed by atoms with E-state index in [2.05, 4.69) is 73.8 Å². The molecule has 0 amide bonds. The van der Waals surface area contributed by atoms with E-state index in [1.165, 1.54) is 52.3 Å². The van der Waals surface area contributed by atoms with Gasteiger partial charge in [0.2, 0.25) is 0 Å². The van der Waals surface area contributed by atoms with Crippen LogP contribution in [0, 0.1) is 6.92 Å². The summed E-state index contributed by atoms with van der Waals surface area (Å²) in [6.07, 6.45) is 1.72. The Hall–Kier alpha value is -2.34. The van der Waals surface area contributed by atoms with E-state index in [1.807, 2.05) is 22.7 Å². The second-order valence-corrected chi connectivity index (χ2v) is 11.6. The first-order valence-corrected chi connectivity index (χ1v) is 12.6. The van der Waals surface area contributed by atoms with Crippen LogP contribution in [0.1, 0.15) is 31.9 Å². The van der Waals surface area contributed by atoms with Crippen LogP contribution >= 0.6 is 34.0 Å². The number of aryl methyl sites for hydroxylation is 1. The van der Waals surface area contributed by atoms with Crippen molar-refractivity contribution in [3.63, 3.8) is 0 Å². The van der Waals surface area contributed by atoms with Gasteiger partial charge in [-0.2, -0.15) is 0 Å². The molecule has 0 aliphatic rings. The van der Waals surface area contributed by atoms with E-state index in [0.29, 0.717) is 0 Å². The SMILES string of the molecule is Cc1csc2c1ccc1c2sc2ncnc(-c3cc(C(C)(C)C)c4sccc4c3)c21. The predicted molar refractivity (Wildman–Crippen MR) is 135 cm³/mol. The topological polar surface area (TPSA) is 25.8 Å². The molecule has 2 nitrogen and oxygen atoms in total. The van der Waals surface area contributed by atoms with Gasteiger partial charge in [-0.05, 0) is 63.2 Å². The molecule has 148 valence electrons. The van der Waals surface area contributed by atoms with Crippen LogP contribution in [-0.4, -0.2) is 9.97 Å². The molecule has 0 fully saturated rings. The van der Waals surface area contributed by atoms with Gasteiger partial charge in [-0.25, -0.2) is 9.97 Å². The second-order valence-electron chi connectivity index (χ2n) is 8.85. The highest BCUT2D eigenvalue weighted by Gasteiger charge is 2.22. The van der Waals surface area contributed by atoms with Crippen molar-refractivity contribution < 1.29 is 0 Å². The lowest BCUT2D eigenvalue weighted by Crippen LogP contribution is -2.11. The maximum atomic E-state index is 4.80.